The first-order valence-corrected chi connectivity index (χ1v) is 33.7. The minimum Gasteiger partial charge on any atom is -0.456 e. The largest absolute Gasteiger partial charge is 0.472 e. The van der Waals surface area contributed by atoms with Gasteiger partial charge in [-0.3, -0.25) is 18.6 Å². The second-order valence-corrected chi connectivity index (χ2v) is 24.0. The van der Waals surface area contributed by atoms with Crippen LogP contribution in [0, 0.1) is 0 Å². The lowest BCUT2D eigenvalue weighted by Gasteiger charge is -2.27. The third-order valence-corrected chi connectivity index (χ3v) is 14.8. The molecule has 0 spiro atoms. The van der Waals surface area contributed by atoms with Crippen LogP contribution in [-0.4, -0.2) is 74.3 Å². The van der Waals surface area contributed by atoms with E-state index in [9.17, 15) is 19.0 Å². The van der Waals surface area contributed by atoms with Crippen molar-refractivity contribution in [1.82, 2.24) is 5.32 Å². The topological polar surface area (TPSA) is 111 Å². The summed E-state index contributed by atoms with van der Waals surface area (Å²) in [5.41, 5.74) is 0. The van der Waals surface area contributed by atoms with E-state index in [1.165, 1.54) is 103 Å². The number of phosphoric ester groups is 1. The summed E-state index contributed by atoms with van der Waals surface area (Å²) in [6.45, 7) is 6.75. The van der Waals surface area contributed by atoms with E-state index in [4.69, 9.17) is 13.8 Å². The van der Waals surface area contributed by atoms with Crippen LogP contribution in [0.1, 0.15) is 265 Å². The maximum Gasteiger partial charge on any atom is 0.472 e. The van der Waals surface area contributed by atoms with Crippen LogP contribution in [0.3, 0.4) is 0 Å². The fraction of sp³-hybridized carbons (Fsp3) is 0.710. The highest BCUT2D eigenvalue weighted by Crippen LogP contribution is 2.43. The summed E-state index contributed by atoms with van der Waals surface area (Å²) < 4.78 is 30.7. The van der Waals surface area contributed by atoms with Crippen molar-refractivity contribution in [2.45, 2.75) is 277 Å². The molecule has 1 amide bonds. The molecule has 9 nitrogen and oxygen atoms in total. The molecule has 0 rings (SSSR count). The van der Waals surface area contributed by atoms with Crippen molar-refractivity contribution in [3.8, 4) is 0 Å². The van der Waals surface area contributed by atoms with Crippen LogP contribution in [0.5, 0.6) is 0 Å². The van der Waals surface area contributed by atoms with Crippen LogP contribution in [0.15, 0.2) is 109 Å². The van der Waals surface area contributed by atoms with Crippen molar-refractivity contribution >= 4 is 19.7 Å². The number of hydrogen-bond donors (Lipinski definition) is 2. The van der Waals surface area contributed by atoms with Crippen LogP contribution < -0.4 is 5.32 Å². The molecule has 0 aliphatic rings. The summed E-state index contributed by atoms with van der Waals surface area (Å²) in [4.78, 5) is 37.7. The number of likely N-dealkylation sites (N-methyl/N-ethyl adjacent to an activating group) is 1. The number of rotatable bonds is 57. The fourth-order valence-corrected chi connectivity index (χ4v) is 9.59. The number of amides is 1. The molecule has 79 heavy (non-hydrogen) atoms. The quantitative estimate of drug-likeness (QED) is 0.0156. The van der Waals surface area contributed by atoms with Crippen LogP contribution >= 0.6 is 7.82 Å². The maximum absolute atomic E-state index is 13.6. The van der Waals surface area contributed by atoms with Gasteiger partial charge < -0.3 is 19.4 Å². The molecule has 10 heteroatoms. The molecule has 0 saturated carbocycles. The maximum atomic E-state index is 13.6. The van der Waals surface area contributed by atoms with Gasteiger partial charge in [0.2, 0.25) is 5.91 Å². The number of esters is 1. The molecule has 0 saturated heterocycles. The van der Waals surface area contributed by atoms with E-state index in [-0.39, 0.29) is 31.5 Å². The molecular weight excluding hydrogens is 1000 g/mol. The number of allylic oxidation sites excluding steroid dienone is 17. The van der Waals surface area contributed by atoms with E-state index in [1.54, 1.807) is 0 Å². The van der Waals surface area contributed by atoms with Crippen LogP contribution in [0.4, 0.5) is 0 Å². The monoisotopic (exact) mass is 1120 g/mol. The molecule has 454 valence electrons. The van der Waals surface area contributed by atoms with Gasteiger partial charge in [0, 0.05) is 12.8 Å². The van der Waals surface area contributed by atoms with Gasteiger partial charge in [0.15, 0.2) is 0 Å². The van der Waals surface area contributed by atoms with Crippen molar-refractivity contribution in [2.75, 3.05) is 40.9 Å². The molecule has 0 aromatic rings. The Hall–Kier alpha value is -3.33. The molecule has 0 aromatic heterocycles. The minimum atomic E-state index is -4.46. The summed E-state index contributed by atoms with van der Waals surface area (Å²) in [6, 6.07) is -0.865. The molecule has 0 radical (unpaired) electrons. The zero-order valence-electron chi connectivity index (χ0n) is 51.8. The van der Waals surface area contributed by atoms with E-state index < -0.39 is 20.0 Å². The molecule has 0 bridgehead atoms. The molecule has 0 aromatic carbocycles. The van der Waals surface area contributed by atoms with Gasteiger partial charge in [-0.15, -0.1) is 0 Å². The Morgan fingerprint density at radius 1 is 0.468 bits per heavy atom. The predicted octanol–water partition coefficient (Wildman–Crippen LogP) is 20.1. The molecule has 0 heterocycles. The highest BCUT2D eigenvalue weighted by molar-refractivity contribution is 7.47. The second kappa shape index (κ2) is 57.9. The minimum absolute atomic E-state index is 0.0313. The van der Waals surface area contributed by atoms with Gasteiger partial charge >= 0.3 is 13.8 Å². The summed E-state index contributed by atoms with van der Waals surface area (Å²) in [5, 5.41) is 3.05. The van der Waals surface area contributed by atoms with Gasteiger partial charge in [-0.05, 0) is 96.0 Å². The van der Waals surface area contributed by atoms with E-state index >= 15 is 0 Å². The van der Waals surface area contributed by atoms with Gasteiger partial charge in [0.25, 0.3) is 0 Å². The second-order valence-electron chi connectivity index (χ2n) is 22.6. The van der Waals surface area contributed by atoms with Gasteiger partial charge in [-0.1, -0.05) is 265 Å². The number of nitrogens with zero attached hydrogens (tertiary/aromatic N) is 1. The standard InChI is InChI=1S/C69H121N2O7P/c1-7-10-13-16-19-22-25-28-29-30-31-32-33-34-35-36-37-38-39-40-41-44-46-49-52-55-58-61-68(72)70-66(65-77-79(74,75)76-64-63-71(4,5)6)67(60-57-54-51-48-45-42-26-23-20-17-14-11-8-2)78-69(73)62-59-56-53-50-47-43-27-24-21-18-15-12-9-3/h10,12-13,15,18-19,21-22,24,27-29,31-32,34-35,57,60,66-67H,7-9,11,14,16-17,20,23,25-26,30,33,36-56,58-59,61-65H2,1-6H3,(H-,70,72,74,75)/p+1/b13-10-,15-12+,21-18+,22-19-,27-24-,29-28-,32-31-,35-34-,60-57-. The third-order valence-electron chi connectivity index (χ3n) is 13.8. The van der Waals surface area contributed by atoms with E-state index in [1.807, 2.05) is 33.3 Å². The zero-order valence-corrected chi connectivity index (χ0v) is 52.7. The summed E-state index contributed by atoms with van der Waals surface area (Å²) in [6.07, 6.45) is 79.5. The average molecular weight is 1120 g/mol. The van der Waals surface area contributed by atoms with E-state index in [0.717, 1.165) is 122 Å². The molecule has 3 unspecified atom stereocenters. The Kier molecular flexibility index (Phi) is 55.4. The average Bonchev–Trinajstić information content (AvgIpc) is 3.41. The first kappa shape index (κ1) is 75.7. The lowest BCUT2D eigenvalue weighted by atomic mass is 10.0. The summed E-state index contributed by atoms with van der Waals surface area (Å²) in [7, 11) is 1.47. The van der Waals surface area contributed by atoms with E-state index in [2.05, 4.69) is 123 Å². The molecule has 2 N–H and O–H groups in total. The van der Waals surface area contributed by atoms with Gasteiger partial charge in [-0.2, -0.15) is 0 Å². The van der Waals surface area contributed by atoms with Crippen LogP contribution in [-0.2, 0) is 27.9 Å². The Bertz CT molecular complexity index is 1720. The number of hydrogen-bond acceptors (Lipinski definition) is 6. The SMILES string of the molecule is CC/C=C\C/C=C\C/C=C\C/C=C\C/C=C\CCCCCCCCCCCCCC(=O)NC(COP(=O)(O)OCC[N+](C)(C)C)C(/C=C\CCCCCCCCCCCCC)OC(=O)CCCCCCC\C=C/C=C/C=C/CC. The van der Waals surface area contributed by atoms with Crippen LogP contribution in [0.25, 0.3) is 0 Å². The fourth-order valence-electron chi connectivity index (χ4n) is 8.85. The predicted molar refractivity (Wildman–Crippen MR) is 341 cm³/mol. The Balaban J connectivity index is 5.12. The molecule has 0 aliphatic heterocycles. The van der Waals surface area contributed by atoms with Crippen molar-refractivity contribution in [1.29, 1.82) is 0 Å². The zero-order chi connectivity index (χ0) is 57.9. The van der Waals surface area contributed by atoms with Crippen LogP contribution in [0.2, 0.25) is 0 Å². The Morgan fingerprint density at radius 2 is 0.873 bits per heavy atom. The van der Waals surface area contributed by atoms with Crippen molar-refractivity contribution in [3.63, 3.8) is 0 Å². The first-order valence-electron chi connectivity index (χ1n) is 32.2. The number of carbonyl (C=O) groups excluding carboxylic acids is 2. The molecule has 0 fully saturated rings. The van der Waals surface area contributed by atoms with Gasteiger partial charge in [0.1, 0.15) is 19.3 Å². The number of nitrogens with one attached hydrogen (secondary N) is 1. The Morgan fingerprint density at radius 3 is 1.35 bits per heavy atom. The number of phosphoric acid groups is 1. The molecule has 3 atom stereocenters. The summed E-state index contributed by atoms with van der Waals surface area (Å²) in [5.74, 6) is -0.535. The van der Waals surface area contributed by atoms with Crippen molar-refractivity contribution in [3.05, 3.63) is 109 Å². The van der Waals surface area contributed by atoms with Crippen molar-refractivity contribution < 1.29 is 37.3 Å². The molecule has 0 aliphatic carbocycles. The lowest BCUT2D eigenvalue weighted by molar-refractivity contribution is -0.870. The smallest absolute Gasteiger partial charge is 0.456 e. The van der Waals surface area contributed by atoms with Gasteiger partial charge in [0.05, 0.1) is 33.8 Å². The normalized spacial score (nSPS) is 14.4. The molecular formula is C69H122N2O7P+. The highest BCUT2D eigenvalue weighted by Gasteiger charge is 2.30. The number of ether oxygens (including phenoxy) is 1. The van der Waals surface area contributed by atoms with E-state index in [0.29, 0.717) is 23.9 Å². The third kappa shape index (κ3) is 59.1. The summed E-state index contributed by atoms with van der Waals surface area (Å²) >= 11 is 0. The Labute approximate surface area is 487 Å². The highest BCUT2D eigenvalue weighted by atomic mass is 31.2. The number of unbranched alkanes of at least 4 members (excludes halogenated alkanes) is 27. The van der Waals surface area contributed by atoms with Crippen molar-refractivity contribution in [2.24, 2.45) is 0 Å². The van der Waals surface area contributed by atoms with Gasteiger partial charge in [-0.25, -0.2) is 4.57 Å². The first-order chi connectivity index (χ1) is 38.4. The number of carbonyl (C=O) groups is 2. The lowest BCUT2D eigenvalue weighted by Crippen LogP contribution is -2.47. The number of quaternary nitrogens is 1.